The Bertz CT molecular complexity index is 1540. The highest BCUT2D eigenvalue weighted by Crippen LogP contribution is 2.53. The quantitative estimate of drug-likeness (QED) is 0.318. The van der Waals surface area contributed by atoms with Crippen molar-refractivity contribution in [3.63, 3.8) is 0 Å². The number of phenolic OH excluding ortho intramolecular Hbond substituents is 1. The topological polar surface area (TPSA) is 187 Å². The second-order valence-corrected chi connectivity index (χ2v) is 10.4. The van der Waals surface area contributed by atoms with Gasteiger partial charge >= 0.3 is 0 Å². The molecule has 0 saturated heterocycles. The van der Waals surface area contributed by atoms with Gasteiger partial charge in [0, 0.05) is 11.5 Å². The van der Waals surface area contributed by atoms with E-state index in [0.29, 0.717) is 5.56 Å². The number of benzene rings is 2. The van der Waals surface area contributed by atoms with Crippen LogP contribution in [0, 0.1) is 11.8 Å². The molecule has 0 aromatic heterocycles. The van der Waals surface area contributed by atoms with Gasteiger partial charge in [-0.15, -0.1) is 0 Å². The highest BCUT2D eigenvalue weighted by molar-refractivity contribution is 6.24. The second kappa shape index (κ2) is 9.11. The lowest BCUT2D eigenvalue weighted by atomic mass is 9.57. The summed E-state index contributed by atoms with van der Waals surface area (Å²) in [6.45, 7) is 0. The fourth-order valence-corrected chi connectivity index (χ4v) is 6.44. The van der Waals surface area contributed by atoms with Gasteiger partial charge in [-0.25, -0.2) is 0 Å². The number of rotatable bonds is 4. The van der Waals surface area contributed by atoms with Gasteiger partial charge < -0.3 is 31.9 Å². The number of hydrogen-bond donors (Lipinski definition) is 6. The molecule has 1 fully saturated rings. The van der Waals surface area contributed by atoms with Gasteiger partial charge in [0.1, 0.15) is 22.8 Å². The largest absolute Gasteiger partial charge is 0.508 e. The molecule has 1 saturated carbocycles. The molecule has 3 aliphatic carbocycles. The van der Waals surface area contributed by atoms with E-state index in [1.165, 1.54) is 17.2 Å². The maximum absolute atomic E-state index is 13.9. The van der Waals surface area contributed by atoms with Crippen LogP contribution in [-0.4, -0.2) is 68.5 Å². The summed E-state index contributed by atoms with van der Waals surface area (Å²) in [6.07, 6.45) is 3.38. The Hall–Kier alpha value is -4.41. The summed E-state index contributed by atoms with van der Waals surface area (Å²) in [5.41, 5.74) is 10.2. The molecule has 3 aliphatic rings. The molecule has 0 unspecified atom stereocenters. The summed E-state index contributed by atoms with van der Waals surface area (Å²) in [7, 11) is 3.12. The smallest absolute Gasteiger partial charge is 0.255 e. The van der Waals surface area contributed by atoms with Gasteiger partial charge in [-0.3, -0.25) is 19.3 Å². The Balaban J connectivity index is 1.73. The van der Waals surface area contributed by atoms with Gasteiger partial charge in [0.15, 0.2) is 11.4 Å². The van der Waals surface area contributed by atoms with Crippen LogP contribution in [0.25, 0.3) is 23.0 Å². The molecule has 10 heteroatoms. The molecule has 0 heterocycles. The van der Waals surface area contributed by atoms with E-state index in [1.54, 1.807) is 26.2 Å². The molecule has 202 valence electrons. The minimum Gasteiger partial charge on any atom is -0.508 e. The average Bonchev–Trinajstić information content (AvgIpc) is 2.86. The number of likely N-dealkylation sites (N-methyl/N-ethyl adjacent to an activating group) is 1. The second-order valence-electron chi connectivity index (χ2n) is 10.4. The molecule has 10 nitrogen and oxygen atoms in total. The predicted octanol–water partition coefficient (Wildman–Crippen LogP) is 1.56. The lowest BCUT2D eigenvalue weighted by molar-refractivity contribution is -0.153. The van der Waals surface area contributed by atoms with E-state index in [4.69, 9.17) is 11.5 Å². The molecule has 0 radical (unpaired) electrons. The first-order valence-corrected chi connectivity index (χ1v) is 12.4. The number of amides is 1. The van der Waals surface area contributed by atoms with Gasteiger partial charge in [0.2, 0.25) is 5.78 Å². The van der Waals surface area contributed by atoms with E-state index in [-0.39, 0.29) is 29.7 Å². The monoisotopic (exact) mass is 531 g/mol. The third-order valence-corrected chi connectivity index (χ3v) is 8.09. The van der Waals surface area contributed by atoms with E-state index in [1.807, 2.05) is 24.3 Å². The number of fused-ring (bicyclic) bond motifs is 3. The predicted molar refractivity (Wildman–Crippen MR) is 143 cm³/mol. The van der Waals surface area contributed by atoms with E-state index >= 15 is 0 Å². The summed E-state index contributed by atoms with van der Waals surface area (Å²) in [5.74, 6) is -6.78. The first-order valence-electron chi connectivity index (χ1n) is 12.4. The summed E-state index contributed by atoms with van der Waals surface area (Å²) in [6, 6.07) is 9.48. The number of aliphatic hydroxyl groups is 3. The van der Waals surface area contributed by atoms with Crippen LogP contribution in [-0.2, 0) is 20.8 Å². The van der Waals surface area contributed by atoms with Crippen LogP contribution in [0.1, 0.15) is 23.1 Å². The Labute approximate surface area is 224 Å². The lowest BCUT2D eigenvalue weighted by Gasteiger charge is -2.50. The highest BCUT2D eigenvalue weighted by Gasteiger charge is 2.64. The SMILES string of the molecule is CN(C)[C@@H]1C(=O)C(C(N)=O)=C(O)[C@@]2(O)C(=O)C3=C(O)c4c(O)ccc(-c5cccc(/C=C/N)c5)c4C[C@H]3C[C@@H]12. The van der Waals surface area contributed by atoms with Gasteiger partial charge in [-0.05, 0) is 79.5 Å². The van der Waals surface area contributed by atoms with Crippen LogP contribution in [0.4, 0.5) is 0 Å². The van der Waals surface area contributed by atoms with Gasteiger partial charge in [-0.1, -0.05) is 24.3 Å². The minimum absolute atomic E-state index is 0.0246. The Morgan fingerprint density at radius 2 is 1.85 bits per heavy atom. The highest BCUT2D eigenvalue weighted by atomic mass is 16.3. The van der Waals surface area contributed by atoms with E-state index in [0.717, 1.165) is 16.7 Å². The summed E-state index contributed by atoms with van der Waals surface area (Å²) < 4.78 is 0. The Kier molecular flexibility index (Phi) is 6.12. The maximum Gasteiger partial charge on any atom is 0.255 e. The number of nitrogens with two attached hydrogens (primary N) is 2. The number of primary amides is 1. The molecule has 4 atom stereocenters. The third kappa shape index (κ3) is 3.67. The number of aromatic hydroxyl groups is 1. The molecule has 5 rings (SSSR count). The van der Waals surface area contributed by atoms with E-state index in [2.05, 4.69) is 0 Å². The summed E-state index contributed by atoms with van der Waals surface area (Å²) >= 11 is 0. The Morgan fingerprint density at radius 1 is 1.13 bits per heavy atom. The summed E-state index contributed by atoms with van der Waals surface area (Å²) in [5, 5.41) is 44.8. The normalized spacial score (nSPS) is 26.6. The third-order valence-electron chi connectivity index (χ3n) is 8.09. The van der Waals surface area contributed by atoms with Crippen LogP contribution in [0.5, 0.6) is 5.75 Å². The molecule has 1 amide bonds. The van der Waals surface area contributed by atoms with Crippen LogP contribution < -0.4 is 11.5 Å². The van der Waals surface area contributed by atoms with Crippen molar-refractivity contribution in [1.82, 2.24) is 4.90 Å². The van der Waals surface area contributed by atoms with Crippen molar-refractivity contribution in [3.05, 3.63) is 76.2 Å². The van der Waals surface area contributed by atoms with Gasteiger partial charge in [0.05, 0.1) is 11.6 Å². The van der Waals surface area contributed by atoms with Crippen LogP contribution in [0.2, 0.25) is 0 Å². The maximum atomic E-state index is 13.9. The van der Waals surface area contributed by atoms with Crippen molar-refractivity contribution in [3.8, 4) is 16.9 Å². The van der Waals surface area contributed by atoms with Crippen molar-refractivity contribution in [2.24, 2.45) is 23.3 Å². The fraction of sp³-hybridized carbons (Fsp3) is 0.276. The zero-order chi connectivity index (χ0) is 28.4. The van der Waals surface area contributed by atoms with E-state index in [9.17, 15) is 34.8 Å². The number of aliphatic hydroxyl groups excluding tert-OH is 2. The average molecular weight is 532 g/mol. The number of ketones is 2. The molecule has 0 bridgehead atoms. The number of nitrogens with zero attached hydrogens (tertiary/aromatic N) is 1. The van der Waals surface area contributed by atoms with Crippen LogP contribution in [0.15, 0.2) is 59.5 Å². The molecule has 2 aromatic carbocycles. The first-order chi connectivity index (χ1) is 18.4. The first kappa shape index (κ1) is 26.2. The van der Waals surface area contributed by atoms with Crippen molar-refractivity contribution < 1.29 is 34.8 Å². The summed E-state index contributed by atoms with van der Waals surface area (Å²) in [4.78, 5) is 40.7. The van der Waals surface area contributed by atoms with Crippen molar-refractivity contribution >= 4 is 29.3 Å². The van der Waals surface area contributed by atoms with Crippen molar-refractivity contribution in [2.45, 2.75) is 24.5 Å². The molecule has 0 aliphatic heterocycles. The number of carbonyl (C=O) groups is 3. The zero-order valence-corrected chi connectivity index (χ0v) is 21.4. The fourth-order valence-electron chi connectivity index (χ4n) is 6.44. The zero-order valence-electron chi connectivity index (χ0n) is 21.4. The van der Waals surface area contributed by atoms with E-state index < -0.39 is 58.0 Å². The molecule has 39 heavy (non-hydrogen) atoms. The van der Waals surface area contributed by atoms with Crippen LogP contribution >= 0.6 is 0 Å². The molecular weight excluding hydrogens is 502 g/mol. The number of phenols is 1. The minimum atomic E-state index is -2.67. The van der Waals surface area contributed by atoms with Gasteiger partial charge in [-0.2, -0.15) is 0 Å². The standard InChI is InChI=1S/C29H29N3O7/c1-32(2)23-18-12-15-11-17-16(14-5-3-4-13(10-14)8-9-30)6-7-19(33)21(17)24(34)20(15)26(36)29(18,39)27(37)22(25(23)35)28(31)38/h3-10,15,18,23,33-34,37,39H,11-12,30H2,1-2H3,(H2,31,38)/b9-8+/t15-,18-,23-,29-/m0/s1. The van der Waals surface area contributed by atoms with Crippen molar-refractivity contribution in [1.29, 1.82) is 0 Å². The van der Waals surface area contributed by atoms with Crippen molar-refractivity contribution in [2.75, 3.05) is 14.1 Å². The molecule has 8 N–H and O–H groups in total. The number of carbonyl (C=O) groups excluding carboxylic acids is 3. The van der Waals surface area contributed by atoms with Crippen LogP contribution in [0.3, 0.4) is 0 Å². The van der Waals surface area contributed by atoms with Gasteiger partial charge in [0.25, 0.3) is 5.91 Å². The number of hydrogen-bond acceptors (Lipinski definition) is 9. The molecule has 2 aromatic rings. The number of Topliss-reactive ketones (excluding diaryl/α,β-unsaturated/α-hetero) is 2. The molecular formula is C29H29N3O7. The Morgan fingerprint density at radius 3 is 2.49 bits per heavy atom. The molecule has 0 spiro atoms. The lowest BCUT2D eigenvalue weighted by Crippen LogP contribution is -2.65.